The number of imidazole rings is 1. The SMILES string of the molecule is CCn1ccnc1CC(NC)c1ccc(C)c(F)c1. The molecule has 0 amide bonds. The molecule has 0 aliphatic carbocycles. The molecular weight excluding hydrogens is 241 g/mol. The Hall–Kier alpha value is -1.68. The predicted octanol–water partition coefficient (Wildman–Crippen LogP) is 2.85. The molecule has 0 aliphatic rings. The molecule has 0 fully saturated rings. The number of benzene rings is 1. The van der Waals surface area contributed by atoms with Crippen LogP contribution >= 0.6 is 0 Å². The minimum atomic E-state index is -0.156. The lowest BCUT2D eigenvalue weighted by atomic mass is 10.0. The van der Waals surface area contributed by atoms with E-state index in [1.165, 1.54) is 0 Å². The molecule has 0 aliphatic heterocycles. The summed E-state index contributed by atoms with van der Waals surface area (Å²) in [6.07, 6.45) is 4.53. The van der Waals surface area contributed by atoms with E-state index in [0.717, 1.165) is 24.4 Å². The zero-order valence-electron chi connectivity index (χ0n) is 11.7. The van der Waals surface area contributed by atoms with Gasteiger partial charge in [-0.3, -0.25) is 0 Å². The largest absolute Gasteiger partial charge is 0.335 e. The van der Waals surface area contributed by atoms with Crippen LogP contribution in [0.1, 0.15) is 29.9 Å². The van der Waals surface area contributed by atoms with Gasteiger partial charge >= 0.3 is 0 Å². The summed E-state index contributed by atoms with van der Waals surface area (Å²) in [5.41, 5.74) is 1.63. The summed E-state index contributed by atoms with van der Waals surface area (Å²) in [5.74, 6) is 0.861. The second-order valence-electron chi connectivity index (χ2n) is 4.68. The van der Waals surface area contributed by atoms with Crippen molar-refractivity contribution in [3.05, 3.63) is 53.4 Å². The molecule has 0 spiro atoms. The molecule has 4 heteroatoms. The van der Waals surface area contributed by atoms with Gasteiger partial charge in [-0.1, -0.05) is 12.1 Å². The highest BCUT2D eigenvalue weighted by Crippen LogP contribution is 2.20. The molecule has 1 unspecified atom stereocenters. The number of halogens is 1. The summed E-state index contributed by atoms with van der Waals surface area (Å²) >= 11 is 0. The highest BCUT2D eigenvalue weighted by molar-refractivity contribution is 5.26. The summed E-state index contributed by atoms with van der Waals surface area (Å²) in [6.45, 7) is 4.76. The molecule has 102 valence electrons. The zero-order valence-corrected chi connectivity index (χ0v) is 11.7. The van der Waals surface area contributed by atoms with Crippen LogP contribution in [0.5, 0.6) is 0 Å². The van der Waals surface area contributed by atoms with Gasteiger partial charge in [0.1, 0.15) is 11.6 Å². The van der Waals surface area contributed by atoms with E-state index in [1.54, 1.807) is 19.2 Å². The summed E-state index contributed by atoms with van der Waals surface area (Å²) in [6, 6.07) is 5.47. The van der Waals surface area contributed by atoms with Crippen molar-refractivity contribution >= 4 is 0 Å². The highest BCUT2D eigenvalue weighted by atomic mass is 19.1. The molecule has 3 nitrogen and oxygen atoms in total. The standard InChI is InChI=1S/C15H20FN3/c1-4-19-8-7-18-15(19)10-14(17-3)12-6-5-11(2)13(16)9-12/h5-9,14,17H,4,10H2,1-3H3. The number of hydrogen-bond donors (Lipinski definition) is 1. The van der Waals surface area contributed by atoms with Crippen molar-refractivity contribution in [2.45, 2.75) is 32.9 Å². The van der Waals surface area contributed by atoms with E-state index in [1.807, 2.05) is 25.4 Å². The van der Waals surface area contributed by atoms with Gasteiger partial charge < -0.3 is 9.88 Å². The van der Waals surface area contributed by atoms with Gasteiger partial charge in [0.15, 0.2) is 0 Å². The first-order valence-electron chi connectivity index (χ1n) is 6.59. The molecule has 2 rings (SSSR count). The molecule has 2 aromatic rings. The minimum absolute atomic E-state index is 0.0720. The number of aryl methyl sites for hydroxylation is 2. The van der Waals surface area contributed by atoms with Gasteiger partial charge in [0.05, 0.1) is 0 Å². The lowest BCUT2D eigenvalue weighted by Crippen LogP contribution is -2.21. The van der Waals surface area contributed by atoms with E-state index in [4.69, 9.17) is 0 Å². The molecular formula is C15H20FN3. The normalized spacial score (nSPS) is 12.6. The molecule has 19 heavy (non-hydrogen) atoms. The van der Waals surface area contributed by atoms with Gasteiger partial charge in [-0.2, -0.15) is 0 Å². The average molecular weight is 261 g/mol. The molecule has 1 atom stereocenters. The van der Waals surface area contributed by atoms with Crippen molar-refractivity contribution in [1.29, 1.82) is 0 Å². The Morgan fingerprint density at radius 3 is 2.84 bits per heavy atom. The van der Waals surface area contributed by atoms with Gasteiger partial charge in [0.25, 0.3) is 0 Å². The Balaban J connectivity index is 2.22. The summed E-state index contributed by atoms with van der Waals surface area (Å²) in [7, 11) is 1.89. The first-order chi connectivity index (χ1) is 9.15. The third-order valence-electron chi connectivity index (χ3n) is 3.48. The molecule has 0 saturated heterocycles. The second-order valence-corrected chi connectivity index (χ2v) is 4.68. The van der Waals surface area contributed by atoms with Crippen LogP contribution in [0.25, 0.3) is 0 Å². The highest BCUT2D eigenvalue weighted by Gasteiger charge is 2.14. The second kappa shape index (κ2) is 5.97. The van der Waals surface area contributed by atoms with Gasteiger partial charge in [0, 0.05) is 31.4 Å². The Bertz CT molecular complexity index is 548. The number of likely N-dealkylation sites (N-methyl/N-ethyl adjacent to an activating group) is 1. The van der Waals surface area contributed by atoms with Crippen LogP contribution in [0.2, 0.25) is 0 Å². The van der Waals surface area contributed by atoms with E-state index in [-0.39, 0.29) is 11.9 Å². The quantitative estimate of drug-likeness (QED) is 0.897. The molecule has 1 heterocycles. The molecule has 0 saturated carbocycles. The Kier molecular flexibility index (Phi) is 4.32. The lowest BCUT2D eigenvalue weighted by molar-refractivity contribution is 0.545. The topological polar surface area (TPSA) is 29.9 Å². The van der Waals surface area contributed by atoms with Crippen LogP contribution in [-0.4, -0.2) is 16.6 Å². The van der Waals surface area contributed by atoms with Gasteiger partial charge in [-0.15, -0.1) is 0 Å². The summed E-state index contributed by atoms with van der Waals surface area (Å²) in [5, 5.41) is 3.23. The van der Waals surface area contributed by atoms with E-state index in [2.05, 4.69) is 21.8 Å². The minimum Gasteiger partial charge on any atom is -0.335 e. The van der Waals surface area contributed by atoms with E-state index < -0.39 is 0 Å². The van der Waals surface area contributed by atoms with Crippen molar-refractivity contribution in [2.24, 2.45) is 0 Å². The Morgan fingerprint density at radius 1 is 1.42 bits per heavy atom. The van der Waals surface area contributed by atoms with Crippen molar-refractivity contribution in [1.82, 2.24) is 14.9 Å². The maximum absolute atomic E-state index is 13.7. The number of nitrogens with zero attached hydrogens (tertiary/aromatic N) is 2. The van der Waals surface area contributed by atoms with Gasteiger partial charge in [-0.05, 0) is 38.1 Å². The third-order valence-corrected chi connectivity index (χ3v) is 3.48. The molecule has 1 aromatic heterocycles. The summed E-state index contributed by atoms with van der Waals surface area (Å²) < 4.78 is 15.8. The Morgan fingerprint density at radius 2 is 2.21 bits per heavy atom. The number of rotatable bonds is 5. The van der Waals surface area contributed by atoms with E-state index in [0.29, 0.717) is 5.56 Å². The first-order valence-corrected chi connectivity index (χ1v) is 6.59. The third kappa shape index (κ3) is 3.01. The summed E-state index contributed by atoms with van der Waals surface area (Å²) in [4.78, 5) is 4.37. The molecule has 0 bridgehead atoms. The first kappa shape index (κ1) is 13.7. The molecule has 1 N–H and O–H groups in total. The van der Waals surface area contributed by atoms with Crippen LogP contribution in [0.15, 0.2) is 30.6 Å². The Labute approximate surface area is 113 Å². The van der Waals surface area contributed by atoms with Crippen molar-refractivity contribution < 1.29 is 4.39 Å². The van der Waals surface area contributed by atoms with Gasteiger partial charge in [0.2, 0.25) is 0 Å². The average Bonchev–Trinajstić information content (AvgIpc) is 2.86. The fraction of sp³-hybridized carbons (Fsp3) is 0.400. The van der Waals surface area contributed by atoms with Crippen LogP contribution in [0.4, 0.5) is 4.39 Å². The van der Waals surface area contributed by atoms with Crippen LogP contribution in [0.3, 0.4) is 0 Å². The van der Waals surface area contributed by atoms with E-state index in [9.17, 15) is 4.39 Å². The maximum Gasteiger partial charge on any atom is 0.126 e. The van der Waals surface area contributed by atoms with Crippen LogP contribution < -0.4 is 5.32 Å². The van der Waals surface area contributed by atoms with Crippen LogP contribution in [0, 0.1) is 12.7 Å². The number of hydrogen-bond acceptors (Lipinski definition) is 2. The fourth-order valence-electron chi connectivity index (χ4n) is 2.21. The molecule has 1 aromatic carbocycles. The smallest absolute Gasteiger partial charge is 0.126 e. The fourth-order valence-corrected chi connectivity index (χ4v) is 2.21. The molecule has 0 radical (unpaired) electrons. The van der Waals surface area contributed by atoms with Gasteiger partial charge in [-0.25, -0.2) is 9.37 Å². The monoisotopic (exact) mass is 261 g/mol. The predicted molar refractivity (Wildman–Crippen MR) is 74.5 cm³/mol. The number of nitrogens with one attached hydrogen (secondary N) is 1. The maximum atomic E-state index is 13.7. The van der Waals surface area contributed by atoms with Crippen molar-refractivity contribution in [3.8, 4) is 0 Å². The van der Waals surface area contributed by atoms with E-state index >= 15 is 0 Å². The van der Waals surface area contributed by atoms with Crippen molar-refractivity contribution in [2.75, 3.05) is 7.05 Å². The lowest BCUT2D eigenvalue weighted by Gasteiger charge is -2.17. The van der Waals surface area contributed by atoms with Crippen LogP contribution in [-0.2, 0) is 13.0 Å². The van der Waals surface area contributed by atoms with Crippen molar-refractivity contribution in [3.63, 3.8) is 0 Å². The number of aromatic nitrogens is 2. The zero-order chi connectivity index (χ0) is 13.8.